The second-order valence-corrected chi connectivity index (χ2v) is 9.37. The lowest BCUT2D eigenvalue weighted by atomic mass is 10.1. The molecular weight excluding hydrogens is 391 g/mol. The summed E-state index contributed by atoms with van der Waals surface area (Å²) in [6.07, 6.45) is 0.152. The van der Waals surface area contributed by atoms with Gasteiger partial charge >= 0.3 is 12.1 Å². The number of carbonyl (C=O) groups is 2. The number of rotatable bonds is 4. The van der Waals surface area contributed by atoms with Crippen molar-refractivity contribution in [2.24, 2.45) is 0 Å². The maximum Gasteiger partial charge on any atom is 0.407 e. The van der Waals surface area contributed by atoms with Crippen molar-refractivity contribution in [1.82, 2.24) is 9.62 Å². The second-order valence-electron chi connectivity index (χ2n) is 7.46. The number of esters is 1. The van der Waals surface area contributed by atoms with Crippen LogP contribution in [-0.2, 0) is 19.5 Å². The summed E-state index contributed by atoms with van der Waals surface area (Å²) >= 11 is 0. The van der Waals surface area contributed by atoms with Crippen molar-refractivity contribution in [3.8, 4) is 0 Å². The van der Waals surface area contributed by atoms with Crippen LogP contribution in [0, 0.1) is 5.82 Å². The first-order valence-corrected chi connectivity index (χ1v) is 10.3. The molecule has 8 nitrogen and oxygen atoms in total. The number of methoxy groups -OCH3 is 1. The van der Waals surface area contributed by atoms with Gasteiger partial charge in [-0.25, -0.2) is 22.4 Å². The van der Waals surface area contributed by atoms with Gasteiger partial charge in [-0.05, 0) is 51.8 Å². The maximum atomic E-state index is 14.2. The van der Waals surface area contributed by atoms with E-state index in [0.717, 1.165) is 29.6 Å². The Hall–Kier alpha value is -2.20. The highest BCUT2D eigenvalue weighted by atomic mass is 32.2. The third kappa shape index (κ3) is 5.41. The fraction of sp³-hybridized carbons (Fsp3) is 0.556. The fourth-order valence-electron chi connectivity index (χ4n) is 2.80. The first-order valence-electron chi connectivity index (χ1n) is 8.81. The van der Waals surface area contributed by atoms with E-state index in [-0.39, 0.29) is 24.7 Å². The van der Waals surface area contributed by atoms with Crippen molar-refractivity contribution in [3.05, 3.63) is 29.6 Å². The average Bonchev–Trinajstić information content (AvgIpc) is 2.60. The Labute approximate surface area is 164 Å². The monoisotopic (exact) mass is 416 g/mol. The Morgan fingerprint density at radius 3 is 2.36 bits per heavy atom. The number of sulfonamides is 1. The Morgan fingerprint density at radius 2 is 1.82 bits per heavy atom. The molecular formula is C18H25FN2O6S. The highest BCUT2D eigenvalue weighted by Crippen LogP contribution is 2.24. The SMILES string of the molecule is COC(=O)c1ccc(F)c(S(=O)(=O)N2CCC(NC(=O)OC(C)(C)C)CC2)c1. The lowest BCUT2D eigenvalue weighted by Gasteiger charge is -2.32. The van der Waals surface area contributed by atoms with Crippen LogP contribution in [0.15, 0.2) is 23.1 Å². The molecule has 0 aliphatic carbocycles. The van der Waals surface area contributed by atoms with Crippen LogP contribution in [0.5, 0.6) is 0 Å². The zero-order chi connectivity index (χ0) is 21.1. The first kappa shape index (κ1) is 22.1. The molecule has 1 aliphatic rings. The van der Waals surface area contributed by atoms with Gasteiger partial charge in [0, 0.05) is 19.1 Å². The molecule has 28 heavy (non-hydrogen) atoms. The van der Waals surface area contributed by atoms with Crippen molar-refractivity contribution in [1.29, 1.82) is 0 Å². The van der Waals surface area contributed by atoms with E-state index in [1.54, 1.807) is 20.8 Å². The number of carbonyl (C=O) groups excluding carboxylic acids is 2. The molecule has 0 radical (unpaired) electrons. The molecule has 0 atom stereocenters. The van der Waals surface area contributed by atoms with Crippen LogP contribution in [0.4, 0.5) is 9.18 Å². The topological polar surface area (TPSA) is 102 Å². The van der Waals surface area contributed by atoms with Crippen LogP contribution in [0.1, 0.15) is 44.0 Å². The second kappa shape index (κ2) is 8.44. The predicted molar refractivity (Wildman–Crippen MR) is 98.9 cm³/mol. The molecule has 0 saturated carbocycles. The van der Waals surface area contributed by atoms with E-state index in [1.807, 2.05) is 0 Å². The van der Waals surface area contributed by atoms with Crippen molar-refractivity contribution >= 4 is 22.1 Å². The van der Waals surface area contributed by atoms with Gasteiger partial charge < -0.3 is 14.8 Å². The van der Waals surface area contributed by atoms with Crippen molar-refractivity contribution in [2.45, 2.75) is 50.2 Å². The summed E-state index contributed by atoms with van der Waals surface area (Å²) in [6.45, 7) is 5.45. The van der Waals surface area contributed by atoms with E-state index in [2.05, 4.69) is 10.1 Å². The summed E-state index contributed by atoms with van der Waals surface area (Å²) in [5.74, 6) is -1.70. The molecule has 1 saturated heterocycles. The van der Waals surface area contributed by atoms with Gasteiger partial charge in [0.25, 0.3) is 0 Å². The third-order valence-corrected chi connectivity index (χ3v) is 6.06. The van der Waals surface area contributed by atoms with E-state index in [4.69, 9.17) is 4.74 Å². The van der Waals surface area contributed by atoms with Crippen LogP contribution in [0.3, 0.4) is 0 Å². The summed E-state index contributed by atoms with van der Waals surface area (Å²) in [5, 5.41) is 2.71. The quantitative estimate of drug-likeness (QED) is 0.756. The number of hydrogen-bond donors (Lipinski definition) is 1. The number of ether oxygens (including phenoxy) is 2. The van der Waals surface area contributed by atoms with Crippen LogP contribution >= 0.6 is 0 Å². The van der Waals surface area contributed by atoms with E-state index in [0.29, 0.717) is 12.8 Å². The fourth-order valence-corrected chi connectivity index (χ4v) is 4.36. The molecule has 1 amide bonds. The van der Waals surface area contributed by atoms with Crippen molar-refractivity contribution < 1.29 is 31.9 Å². The average molecular weight is 416 g/mol. The van der Waals surface area contributed by atoms with Crippen molar-refractivity contribution in [3.63, 3.8) is 0 Å². The summed E-state index contributed by atoms with van der Waals surface area (Å²) in [7, 11) is -2.98. The Morgan fingerprint density at radius 1 is 1.21 bits per heavy atom. The summed E-state index contributed by atoms with van der Waals surface area (Å²) in [6, 6.07) is 2.82. The minimum atomic E-state index is -4.13. The Kier molecular flexibility index (Phi) is 6.66. The lowest BCUT2D eigenvalue weighted by molar-refractivity contribution is 0.0488. The summed E-state index contributed by atoms with van der Waals surface area (Å²) in [5.41, 5.74) is -0.681. The first-order chi connectivity index (χ1) is 12.9. The lowest BCUT2D eigenvalue weighted by Crippen LogP contribution is -2.47. The number of nitrogens with zero attached hydrogens (tertiary/aromatic N) is 1. The van der Waals surface area contributed by atoms with Gasteiger partial charge in [-0.1, -0.05) is 0 Å². The normalized spacial score (nSPS) is 16.5. The molecule has 1 fully saturated rings. The molecule has 2 rings (SSSR count). The molecule has 10 heteroatoms. The minimum absolute atomic E-state index is 0.0519. The number of hydrogen-bond acceptors (Lipinski definition) is 6. The van der Waals surface area contributed by atoms with Crippen LogP contribution in [0.2, 0.25) is 0 Å². The number of amides is 1. The van der Waals surface area contributed by atoms with Crippen LogP contribution in [0.25, 0.3) is 0 Å². The van der Waals surface area contributed by atoms with E-state index in [1.165, 1.54) is 0 Å². The van der Waals surface area contributed by atoms with Gasteiger partial charge in [0.15, 0.2) is 0 Å². The molecule has 1 aromatic rings. The Balaban J connectivity index is 2.07. The van der Waals surface area contributed by atoms with E-state index in [9.17, 15) is 22.4 Å². The van der Waals surface area contributed by atoms with Gasteiger partial charge in [0.1, 0.15) is 16.3 Å². The van der Waals surface area contributed by atoms with Gasteiger partial charge in [-0.2, -0.15) is 4.31 Å². The number of halogens is 1. The molecule has 1 aromatic carbocycles. The zero-order valence-corrected chi connectivity index (χ0v) is 17.1. The molecule has 0 unspecified atom stereocenters. The summed E-state index contributed by atoms with van der Waals surface area (Å²) < 4.78 is 50.7. The molecule has 1 heterocycles. The third-order valence-electron chi connectivity index (χ3n) is 4.14. The van der Waals surface area contributed by atoms with Gasteiger partial charge in [0.05, 0.1) is 12.7 Å². The van der Waals surface area contributed by atoms with Crippen LogP contribution in [-0.4, -0.2) is 56.6 Å². The largest absolute Gasteiger partial charge is 0.465 e. The molecule has 1 N–H and O–H groups in total. The highest BCUT2D eigenvalue weighted by molar-refractivity contribution is 7.89. The van der Waals surface area contributed by atoms with Gasteiger partial charge in [-0.15, -0.1) is 0 Å². The zero-order valence-electron chi connectivity index (χ0n) is 16.3. The minimum Gasteiger partial charge on any atom is -0.465 e. The molecule has 156 valence electrons. The maximum absolute atomic E-state index is 14.2. The Bertz CT molecular complexity index is 842. The molecule has 0 spiro atoms. The molecule has 0 bridgehead atoms. The van der Waals surface area contributed by atoms with Gasteiger partial charge in [0.2, 0.25) is 10.0 Å². The number of alkyl carbamates (subject to hydrolysis) is 1. The van der Waals surface area contributed by atoms with Gasteiger partial charge in [-0.3, -0.25) is 0 Å². The predicted octanol–water partition coefficient (Wildman–Crippen LogP) is 2.29. The van der Waals surface area contributed by atoms with Crippen LogP contribution < -0.4 is 5.32 Å². The summed E-state index contributed by atoms with van der Waals surface area (Å²) in [4.78, 5) is 22.9. The smallest absolute Gasteiger partial charge is 0.407 e. The molecule has 1 aliphatic heterocycles. The number of benzene rings is 1. The van der Waals surface area contributed by atoms with E-state index < -0.39 is 38.4 Å². The highest BCUT2D eigenvalue weighted by Gasteiger charge is 2.33. The van der Waals surface area contributed by atoms with E-state index >= 15 is 0 Å². The van der Waals surface area contributed by atoms with Crippen molar-refractivity contribution in [2.75, 3.05) is 20.2 Å². The standard InChI is InChI=1S/C18H25FN2O6S/c1-18(2,3)27-17(23)20-13-7-9-21(10-8-13)28(24,25)15-11-12(16(22)26-4)5-6-14(15)19/h5-6,11,13H,7-10H2,1-4H3,(H,20,23). The molecule has 0 aromatic heterocycles. The number of piperidine rings is 1. The number of nitrogens with one attached hydrogen (secondary N) is 1.